The molecule has 0 saturated carbocycles. The first-order chi connectivity index (χ1) is 12.7. The van der Waals surface area contributed by atoms with Crippen molar-refractivity contribution in [2.24, 2.45) is 0 Å². The summed E-state index contributed by atoms with van der Waals surface area (Å²) in [5.41, 5.74) is 2.73. The van der Waals surface area contributed by atoms with Gasteiger partial charge in [-0.25, -0.2) is 14.4 Å². The summed E-state index contributed by atoms with van der Waals surface area (Å²) in [5, 5.41) is 6.19. The SMILES string of the molecule is CCOc1ccc(-c2csc3ncnc(Nc4cccc(F)c4)c23)cc1. The van der Waals surface area contributed by atoms with Gasteiger partial charge in [0.15, 0.2) is 0 Å². The van der Waals surface area contributed by atoms with E-state index in [2.05, 4.69) is 20.7 Å². The second kappa shape index (κ2) is 7.09. The quantitative estimate of drug-likeness (QED) is 0.497. The third-order valence-electron chi connectivity index (χ3n) is 3.93. The number of nitrogens with one attached hydrogen (secondary N) is 1. The zero-order valence-corrected chi connectivity index (χ0v) is 14.9. The molecule has 2 heterocycles. The van der Waals surface area contributed by atoms with Crippen LogP contribution in [-0.4, -0.2) is 16.6 Å². The summed E-state index contributed by atoms with van der Waals surface area (Å²) in [7, 11) is 0. The van der Waals surface area contributed by atoms with Gasteiger partial charge in [-0.05, 0) is 42.8 Å². The highest BCUT2D eigenvalue weighted by molar-refractivity contribution is 7.17. The summed E-state index contributed by atoms with van der Waals surface area (Å²) in [6.07, 6.45) is 1.52. The van der Waals surface area contributed by atoms with E-state index in [4.69, 9.17) is 4.74 Å². The van der Waals surface area contributed by atoms with Crippen LogP contribution in [0.15, 0.2) is 60.2 Å². The lowest BCUT2D eigenvalue weighted by Gasteiger charge is -2.09. The average Bonchev–Trinajstić information content (AvgIpc) is 3.08. The summed E-state index contributed by atoms with van der Waals surface area (Å²) in [4.78, 5) is 9.61. The largest absolute Gasteiger partial charge is 0.494 e. The number of anilines is 2. The van der Waals surface area contributed by atoms with Crippen LogP contribution in [-0.2, 0) is 0 Å². The van der Waals surface area contributed by atoms with Gasteiger partial charge in [0, 0.05) is 16.6 Å². The minimum Gasteiger partial charge on any atom is -0.494 e. The van der Waals surface area contributed by atoms with Crippen LogP contribution in [0.4, 0.5) is 15.9 Å². The number of ether oxygens (including phenoxy) is 1. The molecule has 2 aromatic heterocycles. The van der Waals surface area contributed by atoms with E-state index in [-0.39, 0.29) is 5.82 Å². The van der Waals surface area contributed by atoms with Crippen molar-refractivity contribution in [2.45, 2.75) is 6.92 Å². The molecule has 0 saturated heterocycles. The Balaban J connectivity index is 1.76. The normalized spacial score (nSPS) is 10.8. The third-order valence-corrected chi connectivity index (χ3v) is 4.82. The summed E-state index contributed by atoms with van der Waals surface area (Å²) >= 11 is 1.55. The number of halogens is 1. The molecule has 0 aliphatic heterocycles. The lowest BCUT2D eigenvalue weighted by molar-refractivity contribution is 0.340. The van der Waals surface area contributed by atoms with Crippen molar-refractivity contribution in [1.29, 1.82) is 0 Å². The second-order valence-corrected chi connectivity index (χ2v) is 6.50. The van der Waals surface area contributed by atoms with Crippen LogP contribution in [0.1, 0.15) is 6.92 Å². The van der Waals surface area contributed by atoms with Gasteiger partial charge < -0.3 is 10.1 Å². The number of rotatable bonds is 5. The van der Waals surface area contributed by atoms with Crippen LogP contribution in [0.25, 0.3) is 21.3 Å². The molecule has 1 N–H and O–H groups in total. The number of fused-ring (bicyclic) bond motifs is 1. The van der Waals surface area contributed by atoms with Gasteiger partial charge in [0.2, 0.25) is 0 Å². The number of hydrogen-bond acceptors (Lipinski definition) is 5. The Bertz CT molecular complexity index is 1050. The molecular weight excluding hydrogens is 349 g/mol. The molecule has 0 atom stereocenters. The second-order valence-electron chi connectivity index (χ2n) is 5.64. The van der Waals surface area contributed by atoms with E-state index >= 15 is 0 Å². The molecule has 130 valence electrons. The van der Waals surface area contributed by atoms with Crippen molar-refractivity contribution in [2.75, 3.05) is 11.9 Å². The van der Waals surface area contributed by atoms with Gasteiger partial charge in [0.25, 0.3) is 0 Å². The summed E-state index contributed by atoms with van der Waals surface area (Å²) in [6, 6.07) is 14.3. The first-order valence-electron chi connectivity index (χ1n) is 8.22. The summed E-state index contributed by atoms with van der Waals surface area (Å²) < 4.78 is 19.0. The Hall–Kier alpha value is -2.99. The van der Waals surface area contributed by atoms with Gasteiger partial charge in [-0.1, -0.05) is 18.2 Å². The van der Waals surface area contributed by atoms with Crippen molar-refractivity contribution in [1.82, 2.24) is 9.97 Å². The number of hydrogen-bond donors (Lipinski definition) is 1. The first kappa shape index (κ1) is 16.5. The maximum absolute atomic E-state index is 13.5. The molecule has 0 aliphatic carbocycles. The fourth-order valence-corrected chi connectivity index (χ4v) is 3.70. The van der Waals surface area contributed by atoms with Gasteiger partial charge in [0.1, 0.15) is 28.5 Å². The van der Waals surface area contributed by atoms with E-state index in [1.807, 2.05) is 31.2 Å². The Morgan fingerprint density at radius 3 is 2.73 bits per heavy atom. The predicted octanol–water partition coefficient (Wildman–Crippen LogP) is 5.64. The van der Waals surface area contributed by atoms with Gasteiger partial charge in [-0.3, -0.25) is 0 Å². The van der Waals surface area contributed by atoms with Gasteiger partial charge in [-0.15, -0.1) is 11.3 Å². The molecule has 2 aromatic carbocycles. The van der Waals surface area contributed by atoms with Crippen LogP contribution < -0.4 is 10.1 Å². The molecule has 0 radical (unpaired) electrons. The molecule has 0 amide bonds. The summed E-state index contributed by atoms with van der Waals surface area (Å²) in [5.74, 6) is 1.20. The van der Waals surface area contributed by atoms with Crippen LogP contribution in [0.3, 0.4) is 0 Å². The molecule has 26 heavy (non-hydrogen) atoms. The first-order valence-corrected chi connectivity index (χ1v) is 9.10. The van der Waals surface area contributed by atoms with Crippen LogP contribution >= 0.6 is 11.3 Å². The zero-order valence-electron chi connectivity index (χ0n) is 14.1. The Morgan fingerprint density at radius 1 is 1.12 bits per heavy atom. The smallest absolute Gasteiger partial charge is 0.143 e. The Kier molecular flexibility index (Phi) is 4.50. The number of thiophene rings is 1. The van der Waals surface area contributed by atoms with E-state index in [1.165, 1.54) is 18.5 Å². The maximum atomic E-state index is 13.5. The van der Waals surface area contributed by atoms with E-state index < -0.39 is 0 Å². The van der Waals surface area contributed by atoms with Crippen LogP contribution in [0.5, 0.6) is 5.75 Å². The zero-order chi connectivity index (χ0) is 17.9. The lowest BCUT2D eigenvalue weighted by Crippen LogP contribution is -1.96. The van der Waals surface area contributed by atoms with Crippen molar-refractivity contribution in [3.8, 4) is 16.9 Å². The fourth-order valence-electron chi connectivity index (χ4n) is 2.78. The number of benzene rings is 2. The number of aromatic nitrogens is 2. The highest BCUT2D eigenvalue weighted by atomic mass is 32.1. The predicted molar refractivity (Wildman–Crippen MR) is 104 cm³/mol. The van der Waals surface area contributed by atoms with E-state index in [9.17, 15) is 4.39 Å². The van der Waals surface area contributed by atoms with E-state index in [0.29, 0.717) is 18.1 Å². The third kappa shape index (κ3) is 3.23. The molecule has 6 heteroatoms. The van der Waals surface area contributed by atoms with Gasteiger partial charge in [0.05, 0.1) is 12.0 Å². The molecule has 0 fully saturated rings. The summed E-state index contributed by atoms with van der Waals surface area (Å²) in [6.45, 7) is 2.60. The van der Waals surface area contributed by atoms with Crippen molar-refractivity contribution < 1.29 is 9.13 Å². The van der Waals surface area contributed by atoms with Gasteiger partial charge >= 0.3 is 0 Å². The molecule has 0 aliphatic rings. The molecule has 4 nitrogen and oxygen atoms in total. The molecular formula is C20H16FN3OS. The van der Waals surface area contributed by atoms with Crippen LogP contribution in [0, 0.1) is 5.82 Å². The highest BCUT2D eigenvalue weighted by Crippen LogP contribution is 2.37. The molecule has 0 bridgehead atoms. The minimum absolute atomic E-state index is 0.294. The lowest BCUT2D eigenvalue weighted by atomic mass is 10.1. The molecule has 4 rings (SSSR count). The number of nitrogens with zero attached hydrogens (tertiary/aromatic N) is 2. The fraction of sp³-hybridized carbons (Fsp3) is 0.100. The standard InChI is InChI=1S/C20H16FN3OS/c1-2-25-16-8-6-13(7-9-16)17-11-26-20-18(17)19(22-12-23-20)24-15-5-3-4-14(21)10-15/h3-12H,2H2,1H3,(H,22,23,24). The van der Waals surface area contributed by atoms with Crippen LogP contribution in [0.2, 0.25) is 0 Å². The topological polar surface area (TPSA) is 47.0 Å². The Labute approximate surface area is 154 Å². The van der Waals surface area contributed by atoms with Crippen molar-refractivity contribution in [3.63, 3.8) is 0 Å². The van der Waals surface area contributed by atoms with Crippen molar-refractivity contribution >= 4 is 33.1 Å². The molecule has 0 unspecified atom stereocenters. The molecule has 0 spiro atoms. The maximum Gasteiger partial charge on any atom is 0.143 e. The highest BCUT2D eigenvalue weighted by Gasteiger charge is 2.13. The molecule has 4 aromatic rings. The van der Waals surface area contributed by atoms with Crippen molar-refractivity contribution in [3.05, 3.63) is 66.1 Å². The Morgan fingerprint density at radius 2 is 1.96 bits per heavy atom. The van der Waals surface area contributed by atoms with Gasteiger partial charge in [-0.2, -0.15) is 0 Å². The average molecular weight is 365 g/mol. The minimum atomic E-state index is -0.294. The monoisotopic (exact) mass is 365 g/mol. The van der Waals surface area contributed by atoms with E-state index in [1.54, 1.807) is 23.5 Å². The van der Waals surface area contributed by atoms with E-state index in [0.717, 1.165) is 27.1 Å².